The molecule has 0 aliphatic rings. The van der Waals surface area contributed by atoms with Crippen LogP contribution in [0.5, 0.6) is 5.75 Å². The second kappa shape index (κ2) is 9.65. The Morgan fingerprint density at radius 3 is 2.40 bits per heavy atom. The average Bonchev–Trinajstić information content (AvgIpc) is 2.71. The number of hydrogen-bond donors (Lipinski definition) is 2. The summed E-state index contributed by atoms with van der Waals surface area (Å²) in [5.41, 5.74) is 2.20. The van der Waals surface area contributed by atoms with Crippen LogP contribution in [0.4, 0.5) is 0 Å². The number of hydrogen-bond acceptors (Lipinski definition) is 3. The van der Waals surface area contributed by atoms with Crippen molar-refractivity contribution in [1.29, 1.82) is 0 Å². The fourth-order valence-electron chi connectivity index (χ4n) is 3.05. The average molecular weight is 444 g/mol. The summed E-state index contributed by atoms with van der Waals surface area (Å²) in [4.78, 5) is 23.6. The largest absolute Gasteiger partial charge is 0.508 e. The van der Waals surface area contributed by atoms with E-state index in [4.69, 9.17) is 28.3 Å². The normalized spacial score (nSPS) is 11.1. The number of aromatic nitrogens is 1. The molecule has 3 aromatic rings. The summed E-state index contributed by atoms with van der Waals surface area (Å²) in [5.74, 6) is -0.796. The summed E-state index contributed by atoms with van der Waals surface area (Å²) in [5, 5.41) is 19.0. The minimum absolute atomic E-state index is 0.0337. The lowest BCUT2D eigenvalue weighted by atomic mass is 10.1. The summed E-state index contributed by atoms with van der Waals surface area (Å²) < 4.78 is 1.51. The van der Waals surface area contributed by atoms with Crippen molar-refractivity contribution >= 4 is 35.2 Å². The smallest absolute Gasteiger partial charge is 0.335 e. The summed E-state index contributed by atoms with van der Waals surface area (Å²) in [7, 11) is 0. The predicted molar refractivity (Wildman–Crippen MR) is 119 cm³/mol. The van der Waals surface area contributed by atoms with Crippen molar-refractivity contribution in [1.82, 2.24) is 4.57 Å². The number of aromatic hydroxyl groups is 1. The molecule has 0 amide bonds. The maximum absolute atomic E-state index is 12.6. The second-order valence-electron chi connectivity index (χ2n) is 6.71. The Hall–Kier alpha value is -3.02. The minimum atomic E-state index is -0.987. The number of carboxylic acid groups (broad SMARTS) is 1. The second-order valence-corrected chi connectivity index (χ2v) is 7.53. The number of phenolic OH excluding ortho intramolecular Hbond substituents is 1. The van der Waals surface area contributed by atoms with Gasteiger partial charge in [-0.2, -0.15) is 0 Å². The topological polar surface area (TPSA) is 79.5 Å². The third-order valence-electron chi connectivity index (χ3n) is 4.60. The Kier molecular flexibility index (Phi) is 6.98. The molecule has 7 heteroatoms. The molecule has 2 aromatic carbocycles. The Morgan fingerprint density at radius 2 is 1.73 bits per heavy atom. The SMILES string of the molecule is O=C(O)c1ccc(CCn2c(/C=C/Cc3cccc(O)c3)c(Cl)cc(Cl)c2=O)cc1. The molecule has 0 saturated carbocycles. The molecule has 0 aliphatic heterocycles. The van der Waals surface area contributed by atoms with Crippen molar-refractivity contribution in [2.24, 2.45) is 0 Å². The molecule has 154 valence electrons. The van der Waals surface area contributed by atoms with E-state index in [0.717, 1.165) is 11.1 Å². The first kappa shape index (κ1) is 21.7. The van der Waals surface area contributed by atoms with Crippen LogP contribution in [0.2, 0.25) is 10.0 Å². The summed E-state index contributed by atoms with van der Waals surface area (Å²) >= 11 is 12.4. The van der Waals surface area contributed by atoms with Crippen LogP contribution in [-0.2, 0) is 19.4 Å². The number of allylic oxidation sites excluding steroid dienone is 1. The van der Waals surface area contributed by atoms with Crippen molar-refractivity contribution in [2.75, 3.05) is 0 Å². The quantitative estimate of drug-likeness (QED) is 0.534. The van der Waals surface area contributed by atoms with Crippen LogP contribution in [0, 0.1) is 0 Å². The summed E-state index contributed by atoms with van der Waals surface area (Å²) in [6, 6.07) is 14.9. The number of aromatic carboxylic acids is 1. The summed E-state index contributed by atoms with van der Waals surface area (Å²) in [6.45, 7) is 0.331. The number of pyridine rings is 1. The molecule has 0 aliphatic carbocycles. The van der Waals surface area contributed by atoms with Gasteiger partial charge in [0.1, 0.15) is 10.8 Å². The highest BCUT2D eigenvalue weighted by Crippen LogP contribution is 2.21. The van der Waals surface area contributed by atoms with Crippen LogP contribution in [-0.4, -0.2) is 20.7 Å². The monoisotopic (exact) mass is 443 g/mol. The van der Waals surface area contributed by atoms with Gasteiger partial charge in [0.2, 0.25) is 0 Å². The highest BCUT2D eigenvalue weighted by molar-refractivity contribution is 6.35. The standard InChI is InChI=1S/C23H19Cl2NO4/c24-19-14-20(25)22(28)26(12-11-15-7-9-17(10-8-15)23(29)30)21(19)6-2-4-16-3-1-5-18(27)13-16/h1-3,5-10,13-14,27H,4,11-12H2,(H,29,30)/b6-2+. The molecule has 1 heterocycles. The van der Waals surface area contributed by atoms with Gasteiger partial charge in [0, 0.05) is 6.54 Å². The van der Waals surface area contributed by atoms with Gasteiger partial charge < -0.3 is 14.8 Å². The zero-order chi connectivity index (χ0) is 21.7. The van der Waals surface area contributed by atoms with Crippen LogP contribution in [0.1, 0.15) is 27.2 Å². The van der Waals surface area contributed by atoms with Crippen molar-refractivity contribution in [3.8, 4) is 5.75 Å². The van der Waals surface area contributed by atoms with Gasteiger partial charge in [-0.15, -0.1) is 0 Å². The first-order valence-electron chi connectivity index (χ1n) is 9.20. The van der Waals surface area contributed by atoms with Gasteiger partial charge in [-0.1, -0.05) is 53.5 Å². The van der Waals surface area contributed by atoms with E-state index in [1.807, 2.05) is 12.1 Å². The van der Waals surface area contributed by atoms with Gasteiger partial charge in [-0.3, -0.25) is 4.79 Å². The van der Waals surface area contributed by atoms with Crippen LogP contribution < -0.4 is 5.56 Å². The minimum Gasteiger partial charge on any atom is -0.508 e. The molecule has 0 bridgehead atoms. The van der Waals surface area contributed by atoms with Gasteiger partial charge in [0.25, 0.3) is 5.56 Å². The Balaban J connectivity index is 1.83. The lowest BCUT2D eigenvalue weighted by Gasteiger charge is -2.13. The van der Waals surface area contributed by atoms with E-state index < -0.39 is 5.97 Å². The van der Waals surface area contributed by atoms with E-state index in [1.54, 1.807) is 36.4 Å². The van der Waals surface area contributed by atoms with Gasteiger partial charge >= 0.3 is 5.97 Å². The van der Waals surface area contributed by atoms with E-state index in [-0.39, 0.29) is 21.9 Å². The number of nitrogens with zero attached hydrogens (tertiary/aromatic N) is 1. The molecular formula is C23H19Cl2NO4. The number of carbonyl (C=O) groups is 1. The zero-order valence-electron chi connectivity index (χ0n) is 15.9. The third kappa shape index (κ3) is 5.32. The molecule has 30 heavy (non-hydrogen) atoms. The predicted octanol–water partition coefficient (Wildman–Crippen LogP) is 5.06. The van der Waals surface area contributed by atoms with Gasteiger partial charge in [0.05, 0.1) is 16.3 Å². The molecule has 5 nitrogen and oxygen atoms in total. The molecular weight excluding hydrogens is 425 g/mol. The molecule has 0 fully saturated rings. The first-order chi connectivity index (χ1) is 14.3. The van der Waals surface area contributed by atoms with Crippen molar-refractivity contribution < 1.29 is 15.0 Å². The van der Waals surface area contributed by atoms with E-state index >= 15 is 0 Å². The number of aryl methyl sites for hydroxylation is 1. The molecule has 2 N–H and O–H groups in total. The maximum atomic E-state index is 12.6. The van der Waals surface area contributed by atoms with Gasteiger partial charge in [-0.25, -0.2) is 4.79 Å². The van der Waals surface area contributed by atoms with Crippen LogP contribution in [0.3, 0.4) is 0 Å². The fraction of sp³-hybridized carbons (Fsp3) is 0.130. The van der Waals surface area contributed by atoms with Gasteiger partial charge in [-0.05, 0) is 60.4 Å². The number of rotatable bonds is 7. The highest BCUT2D eigenvalue weighted by Gasteiger charge is 2.11. The molecule has 0 saturated heterocycles. The lowest BCUT2D eigenvalue weighted by Crippen LogP contribution is -2.24. The lowest BCUT2D eigenvalue weighted by molar-refractivity contribution is 0.0697. The molecule has 1 aromatic heterocycles. The van der Waals surface area contributed by atoms with E-state index in [9.17, 15) is 14.7 Å². The highest BCUT2D eigenvalue weighted by atomic mass is 35.5. The van der Waals surface area contributed by atoms with Crippen molar-refractivity contribution in [3.05, 3.63) is 103 Å². The first-order valence-corrected chi connectivity index (χ1v) is 9.96. The van der Waals surface area contributed by atoms with E-state index in [1.165, 1.54) is 22.8 Å². The summed E-state index contributed by atoms with van der Waals surface area (Å²) in [6.07, 6.45) is 4.68. The maximum Gasteiger partial charge on any atom is 0.335 e. The zero-order valence-corrected chi connectivity index (χ0v) is 17.4. The van der Waals surface area contributed by atoms with Gasteiger partial charge in [0.15, 0.2) is 0 Å². The van der Waals surface area contributed by atoms with Crippen LogP contribution in [0.25, 0.3) is 6.08 Å². The molecule has 0 atom stereocenters. The van der Waals surface area contributed by atoms with E-state index in [0.29, 0.717) is 30.1 Å². The Labute approximate surface area is 183 Å². The van der Waals surface area contributed by atoms with E-state index in [2.05, 4.69) is 0 Å². The number of carboxylic acids is 1. The van der Waals surface area contributed by atoms with Crippen LogP contribution in [0.15, 0.2) is 65.5 Å². The van der Waals surface area contributed by atoms with Crippen LogP contribution >= 0.6 is 23.2 Å². The number of halogens is 2. The third-order valence-corrected chi connectivity index (χ3v) is 5.18. The van der Waals surface area contributed by atoms with Crippen molar-refractivity contribution in [3.63, 3.8) is 0 Å². The Morgan fingerprint density at radius 1 is 1.00 bits per heavy atom. The fourth-order valence-corrected chi connectivity index (χ4v) is 3.59. The number of phenols is 1. The molecule has 0 spiro atoms. The Bertz CT molecular complexity index is 1150. The number of benzene rings is 2. The van der Waals surface area contributed by atoms with Crippen molar-refractivity contribution in [2.45, 2.75) is 19.4 Å². The molecule has 0 radical (unpaired) electrons. The molecule has 0 unspecified atom stereocenters. The molecule has 3 rings (SSSR count).